The summed E-state index contributed by atoms with van der Waals surface area (Å²) in [6, 6.07) is 30.7. The molecule has 0 N–H and O–H groups in total. The minimum absolute atomic E-state index is 0. The summed E-state index contributed by atoms with van der Waals surface area (Å²) in [7, 11) is 3.22. The first-order valence-electron chi connectivity index (χ1n) is 7.51. The van der Waals surface area contributed by atoms with Gasteiger partial charge < -0.3 is 4.90 Å². The first-order valence-corrected chi connectivity index (χ1v) is 9.01. The first-order chi connectivity index (χ1) is 10.8. The maximum absolute atomic E-state index is 2.28. The van der Waals surface area contributed by atoms with Crippen LogP contribution in [0.4, 0.5) is 5.69 Å². The van der Waals surface area contributed by atoms with E-state index in [1.807, 2.05) is 0 Å². The molecular formula is C20H20LiNSi. The summed E-state index contributed by atoms with van der Waals surface area (Å²) in [6.07, 6.45) is 0. The van der Waals surface area contributed by atoms with Gasteiger partial charge in [0.15, 0.2) is 0 Å². The van der Waals surface area contributed by atoms with E-state index >= 15 is 0 Å². The van der Waals surface area contributed by atoms with Gasteiger partial charge in [0.1, 0.15) is 0 Å². The van der Waals surface area contributed by atoms with E-state index in [1.54, 1.807) is 0 Å². The third-order valence-corrected chi connectivity index (χ3v) is 6.53. The summed E-state index contributed by atoms with van der Waals surface area (Å²) >= 11 is 0. The summed E-state index contributed by atoms with van der Waals surface area (Å²) < 4.78 is 0. The first kappa shape index (κ1) is 17.6. The summed E-state index contributed by atoms with van der Waals surface area (Å²) in [5.74, 6) is 0. The van der Waals surface area contributed by atoms with Crippen molar-refractivity contribution >= 4 is 30.0 Å². The molecule has 0 unspecified atom stereocenters. The molecule has 0 atom stereocenters. The zero-order valence-corrected chi connectivity index (χ0v) is 15.0. The Hall–Kier alpha value is -1.73. The fourth-order valence-electron chi connectivity index (χ4n) is 2.64. The smallest absolute Gasteiger partial charge is 0.378 e. The molecule has 0 radical (unpaired) electrons. The Morgan fingerprint density at radius 1 is 0.565 bits per heavy atom. The molecule has 0 aromatic heterocycles. The van der Waals surface area contributed by atoms with Gasteiger partial charge in [-0.05, 0) is 12.1 Å². The van der Waals surface area contributed by atoms with E-state index in [2.05, 4.69) is 104 Å². The zero-order valence-electron chi connectivity index (χ0n) is 14.0. The molecule has 0 aliphatic carbocycles. The van der Waals surface area contributed by atoms with Crippen molar-refractivity contribution in [3.8, 4) is 0 Å². The molecule has 0 aliphatic rings. The number of hydrogen-bond donors (Lipinski definition) is 0. The van der Waals surface area contributed by atoms with Crippen LogP contribution in [0.15, 0.2) is 84.9 Å². The predicted molar refractivity (Wildman–Crippen MR) is 98.3 cm³/mol. The van der Waals surface area contributed by atoms with Crippen LogP contribution in [0, 0.1) is 0 Å². The van der Waals surface area contributed by atoms with Crippen LogP contribution in [-0.4, -0.2) is 22.9 Å². The quantitative estimate of drug-likeness (QED) is 0.454. The van der Waals surface area contributed by atoms with E-state index in [0.717, 1.165) is 0 Å². The van der Waals surface area contributed by atoms with Crippen molar-refractivity contribution in [3.05, 3.63) is 84.9 Å². The van der Waals surface area contributed by atoms with Crippen LogP contribution < -0.4 is 39.3 Å². The molecular weight excluding hydrogens is 289 g/mol. The average molecular weight is 309 g/mol. The largest absolute Gasteiger partial charge is 1.00 e. The van der Waals surface area contributed by atoms with Crippen LogP contribution in [0.25, 0.3) is 0 Å². The van der Waals surface area contributed by atoms with Gasteiger partial charge in [-0.1, -0.05) is 72.8 Å². The fourth-order valence-corrected chi connectivity index (χ4v) is 5.19. The zero-order chi connectivity index (χ0) is 15.4. The normalized spacial score (nSPS) is 9.83. The molecule has 0 saturated heterocycles. The molecule has 3 heteroatoms. The van der Waals surface area contributed by atoms with Gasteiger partial charge in [0, 0.05) is 19.8 Å². The number of rotatable bonds is 4. The Balaban J connectivity index is 0.00000192. The van der Waals surface area contributed by atoms with Crippen LogP contribution in [0.2, 0.25) is 0 Å². The van der Waals surface area contributed by atoms with Crippen molar-refractivity contribution in [3.63, 3.8) is 0 Å². The van der Waals surface area contributed by atoms with Crippen molar-refractivity contribution in [2.45, 2.75) is 0 Å². The summed E-state index contributed by atoms with van der Waals surface area (Å²) in [5.41, 5.74) is 1.24. The van der Waals surface area contributed by atoms with E-state index < -0.39 is 8.80 Å². The van der Waals surface area contributed by atoms with Gasteiger partial charge in [0.25, 0.3) is 0 Å². The number of anilines is 1. The van der Waals surface area contributed by atoms with Crippen LogP contribution in [0.5, 0.6) is 0 Å². The average Bonchev–Trinajstić information content (AvgIpc) is 2.57. The fraction of sp³-hybridized carbons (Fsp3) is 0.100. The van der Waals surface area contributed by atoms with Gasteiger partial charge in [-0.2, -0.15) is 15.6 Å². The minimum Gasteiger partial charge on any atom is -0.378 e. The molecule has 0 saturated carbocycles. The Labute approximate surface area is 152 Å². The molecule has 0 heterocycles. The predicted octanol–water partition coefficient (Wildman–Crippen LogP) is -0.727. The standard InChI is InChI=1S/C20H20NSi.Li/c1-21(2)17-13-15-20(16-14-17)22(18-9-5-3-6-10-18)19-11-7-4-8-12-19;/h3-16H,1-2H3;/q-1;+1. The van der Waals surface area contributed by atoms with E-state index in [-0.39, 0.29) is 18.9 Å². The molecule has 110 valence electrons. The monoisotopic (exact) mass is 309 g/mol. The van der Waals surface area contributed by atoms with Crippen LogP contribution in [0.3, 0.4) is 0 Å². The molecule has 3 aromatic carbocycles. The second kappa shape index (κ2) is 8.22. The summed E-state index contributed by atoms with van der Waals surface area (Å²) in [5, 5.41) is 4.28. The summed E-state index contributed by atoms with van der Waals surface area (Å²) in [4.78, 5) is 2.14. The Bertz CT molecular complexity index is 672. The van der Waals surface area contributed by atoms with Gasteiger partial charge in [0.05, 0.1) is 0 Å². The molecule has 3 aromatic rings. The van der Waals surface area contributed by atoms with Crippen LogP contribution in [0.1, 0.15) is 0 Å². The third kappa shape index (κ3) is 4.17. The minimum atomic E-state index is -0.938. The second-order valence-electron chi connectivity index (χ2n) is 5.55. The number of benzene rings is 3. The molecule has 0 fully saturated rings. The van der Waals surface area contributed by atoms with Gasteiger partial charge in [-0.15, -0.1) is 0 Å². The molecule has 0 aliphatic heterocycles. The molecule has 1 nitrogen and oxygen atoms in total. The maximum Gasteiger partial charge on any atom is 1.00 e. The molecule has 0 amide bonds. The summed E-state index contributed by atoms with van der Waals surface area (Å²) in [6.45, 7) is 0. The van der Waals surface area contributed by atoms with Gasteiger partial charge in [0.2, 0.25) is 0 Å². The number of hydrogen-bond acceptors (Lipinski definition) is 1. The van der Waals surface area contributed by atoms with E-state index in [0.29, 0.717) is 0 Å². The van der Waals surface area contributed by atoms with Crippen LogP contribution >= 0.6 is 0 Å². The molecule has 3 rings (SSSR count). The molecule has 0 spiro atoms. The van der Waals surface area contributed by atoms with Crippen molar-refractivity contribution in [1.29, 1.82) is 0 Å². The molecule has 0 bridgehead atoms. The Morgan fingerprint density at radius 2 is 0.957 bits per heavy atom. The topological polar surface area (TPSA) is 3.24 Å². The van der Waals surface area contributed by atoms with Gasteiger partial charge in [-0.3, -0.25) is 0 Å². The van der Waals surface area contributed by atoms with Crippen LogP contribution in [-0.2, 0) is 0 Å². The van der Waals surface area contributed by atoms with E-state index in [4.69, 9.17) is 0 Å². The van der Waals surface area contributed by atoms with E-state index in [1.165, 1.54) is 21.2 Å². The Morgan fingerprint density at radius 3 is 1.35 bits per heavy atom. The van der Waals surface area contributed by atoms with Crippen molar-refractivity contribution in [2.75, 3.05) is 19.0 Å². The van der Waals surface area contributed by atoms with Crippen molar-refractivity contribution < 1.29 is 18.9 Å². The van der Waals surface area contributed by atoms with Crippen molar-refractivity contribution in [1.82, 2.24) is 0 Å². The van der Waals surface area contributed by atoms with Gasteiger partial charge in [-0.25, -0.2) is 8.80 Å². The van der Waals surface area contributed by atoms with Crippen molar-refractivity contribution in [2.24, 2.45) is 0 Å². The third-order valence-electron chi connectivity index (χ3n) is 3.80. The SMILES string of the molecule is CN(C)c1ccc([Si-](c2ccccc2)c2ccccc2)cc1.[Li+]. The van der Waals surface area contributed by atoms with E-state index in [9.17, 15) is 0 Å². The Kier molecular flexibility index (Phi) is 6.30. The molecule has 23 heavy (non-hydrogen) atoms. The van der Waals surface area contributed by atoms with Gasteiger partial charge >= 0.3 is 18.9 Å². The maximum atomic E-state index is 2.28. The second-order valence-corrected chi connectivity index (χ2v) is 8.03. The number of nitrogens with zero attached hydrogens (tertiary/aromatic N) is 1.